The van der Waals surface area contributed by atoms with Gasteiger partial charge >= 0.3 is 0 Å². The van der Waals surface area contributed by atoms with Crippen molar-refractivity contribution in [3.8, 4) is 11.5 Å². The third-order valence-electron chi connectivity index (χ3n) is 4.83. The molecule has 0 aliphatic carbocycles. The maximum Gasteiger partial charge on any atom is 0.247 e. The van der Waals surface area contributed by atoms with E-state index in [-0.39, 0.29) is 5.91 Å². The molecular formula is C21H22N6O. The minimum Gasteiger partial charge on any atom is -0.372 e. The van der Waals surface area contributed by atoms with E-state index >= 15 is 0 Å². The van der Waals surface area contributed by atoms with E-state index in [1.807, 2.05) is 24.3 Å². The van der Waals surface area contributed by atoms with Crippen molar-refractivity contribution in [1.82, 2.24) is 20.2 Å². The van der Waals surface area contributed by atoms with E-state index in [1.165, 1.54) is 6.08 Å². The Balaban J connectivity index is 1.76. The average Bonchev–Trinajstić information content (AvgIpc) is 3.31. The van der Waals surface area contributed by atoms with Crippen LogP contribution in [0.25, 0.3) is 33.5 Å². The van der Waals surface area contributed by atoms with E-state index in [9.17, 15) is 4.79 Å². The third kappa shape index (κ3) is 3.11. The van der Waals surface area contributed by atoms with Crippen LogP contribution in [-0.2, 0) is 4.79 Å². The lowest BCUT2D eigenvalue weighted by Gasteiger charge is -2.20. The van der Waals surface area contributed by atoms with Crippen molar-refractivity contribution in [2.75, 3.05) is 23.3 Å². The Bertz CT molecular complexity index is 1170. The summed E-state index contributed by atoms with van der Waals surface area (Å²) in [6, 6.07) is 11.8. The van der Waals surface area contributed by atoms with Crippen molar-refractivity contribution in [3.63, 3.8) is 0 Å². The van der Waals surface area contributed by atoms with Gasteiger partial charge in [0, 0.05) is 29.9 Å². The minimum atomic E-state index is -0.253. The lowest BCUT2D eigenvalue weighted by Crippen LogP contribution is -2.21. The Kier molecular flexibility index (Phi) is 4.57. The molecule has 0 bridgehead atoms. The summed E-state index contributed by atoms with van der Waals surface area (Å²) < 4.78 is 0. The quantitative estimate of drug-likeness (QED) is 0.444. The largest absolute Gasteiger partial charge is 0.372 e. The zero-order valence-electron chi connectivity index (χ0n) is 15.9. The molecule has 0 aliphatic rings. The number of anilines is 2. The number of H-pyrrole nitrogens is 2. The molecule has 1 amide bonds. The first-order valence-corrected chi connectivity index (χ1v) is 9.29. The van der Waals surface area contributed by atoms with Gasteiger partial charge in [-0.15, -0.1) is 0 Å². The molecule has 142 valence electrons. The molecule has 7 nitrogen and oxygen atoms in total. The van der Waals surface area contributed by atoms with Gasteiger partial charge in [0.1, 0.15) is 5.69 Å². The van der Waals surface area contributed by atoms with Gasteiger partial charge in [0.25, 0.3) is 0 Å². The van der Waals surface area contributed by atoms with Gasteiger partial charge in [0.2, 0.25) is 5.91 Å². The fourth-order valence-corrected chi connectivity index (χ4v) is 3.36. The predicted octanol–water partition coefficient (Wildman–Crippen LogP) is 4.08. The van der Waals surface area contributed by atoms with E-state index < -0.39 is 0 Å². The number of nitrogens with zero attached hydrogens (tertiary/aromatic N) is 3. The average molecular weight is 374 g/mol. The smallest absolute Gasteiger partial charge is 0.247 e. The second-order valence-electron chi connectivity index (χ2n) is 6.49. The highest BCUT2D eigenvalue weighted by Gasteiger charge is 2.14. The number of carbonyl (C=O) groups excluding carboxylic acids is 1. The van der Waals surface area contributed by atoms with Gasteiger partial charge in [0.15, 0.2) is 5.82 Å². The maximum atomic E-state index is 11.6. The zero-order valence-corrected chi connectivity index (χ0v) is 15.9. The number of amides is 1. The summed E-state index contributed by atoms with van der Waals surface area (Å²) in [6.45, 7) is 9.67. The van der Waals surface area contributed by atoms with Crippen LogP contribution in [0, 0.1) is 0 Å². The van der Waals surface area contributed by atoms with E-state index in [0.29, 0.717) is 17.2 Å². The van der Waals surface area contributed by atoms with Gasteiger partial charge in [-0.05, 0) is 56.3 Å². The Morgan fingerprint density at radius 2 is 2.00 bits per heavy atom. The summed E-state index contributed by atoms with van der Waals surface area (Å²) in [5.74, 6) is 0.433. The van der Waals surface area contributed by atoms with Crippen LogP contribution < -0.4 is 10.2 Å². The molecule has 0 atom stereocenters. The number of imidazole rings is 1. The van der Waals surface area contributed by atoms with Crippen molar-refractivity contribution >= 4 is 39.2 Å². The van der Waals surface area contributed by atoms with Crippen molar-refractivity contribution < 1.29 is 4.79 Å². The molecule has 0 unspecified atom stereocenters. The normalized spacial score (nSPS) is 11.1. The van der Waals surface area contributed by atoms with Gasteiger partial charge in [-0.25, -0.2) is 4.98 Å². The number of fused-ring (bicyclic) bond motifs is 2. The monoisotopic (exact) mass is 374 g/mol. The Labute approximate surface area is 162 Å². The number of rotatable bonds is 6. The van der Waals surface area contributed by atoms with Gasteiger partial charge in [-0.1, -0.05) is 6.58 Å². The molecule has 2 heterocycles. The third-order valence-corrected chi connectivity index (χ3v) is 4.83. The van der Waals surface area contributed by atoms with Crippen molar-refractivity contribution in [3.05, 3.63) is 49.1 Å². The maximum absolute atomic E-state index is 11.6. The van der Waals surface area contributed by atoms with Crippen LogP contribution in [0.2, 0.25) is 0 Å². The molecule has 2 aromatic carbocycles. The van der Waals surface area contributed by atoms with Gasteiger partial charge in [-0.2, -0.15) is 5.10 Å². The Morgan fingerprint density at radius 1 is 1.18 bits per heavy atom. The first-order chi connectivity index (χ1) is 13.6. The lowest BCUT2D eigenvalue weighted by molar-refractivity contribution is -0.111. The minimum absolute atomic E-state index is 0.253. The number of aromatic amines is 2. The molecule has 0 saturated heterocycles. The van der Waals surface area contributed by atoms with Crippen LogP contribution >= 0.6 is 0 Å². The molecule has 0 fully saturated rings. The molecule has 28 heavy (non-hydrogen) atoms. The standard InChI is InChI=1S/C21H22N6O/c1-4-19(28)22-13-7-9-16-15(11-13)20(26-25-16)21-23-17-10-8-14(12-18(17)24-21)27(5-2)6-3/h4,7-12H,1,5-6H2,2-3H3,(H,22,28)(H,23,24)(H,25,26). The summed E-state index contributed by atoms with van der Waals surface area (Å²) in [5.41, 5.74) is 5.28. The number of hydrogen-bond acceptors (Lipinski definition) is 4. The highest BCUT2D eigenvalue weighted by atomic mass is 16.1. The topological polar surface area (TPSA) is 89.7 Å². The summed E-state index contributed by atoms with van der Waals surface area (Å²) in [5, 5.41) is 11.1. The molecule has 7 heteroatoms. The van der Waals surface area contributed by atoms with Crippen LogP contribution in [-0.4, -0.2) is 39.2 Å². The first kappa shape index (κ1) is 17.8. The summed E-state index contributed by atoms with van der Waals surface area (Å²) in [6.07, 6.45) is 1.24. The predicted molar refractivity (Wildman–Crippen MR) is 114 cm³/mol. The Morgan fingerprint density at radius 3 is 2.75 bits per heavy atom. The summed E-state index contributed by atoms with van der Waals surface area (Å²) >= 11 is 0. The van der Waals surface area contributed by atoms with E-state index in [4.69, 9.17) is 4.98 Å². The van der Waals surface area contributed by atoms with Crippen LogP contribution in [0.5, 0.6) is 0 Å². The van der Waals surface area contributed by atoms with Crippen molar-refractivity contribution in [2.45, 2.75) is 13.8 Å². The zero-order chi connectivity index (χ0) is 19.7. The summed E-state index contributed by atoms with van der Waals surface area (Å²) in [4.78, 5) is 22.0. The van der Waals surface area contributed by atoms with Crippen molar-refractivity contribution in [1.29, 1.82) is 0 Å². The van der Waals surface area contributed by atoms with Gasteiger partial charge in [-0.3, -0.25) is 9.89 Å². The number of aromatic nitrogens is 4. The van der Waals surface area contributed by atoms with Crippen LogP contribution in [0.15, 0.2) is 49.1 Å². The van der Waals surface area contributed by atoms with E-state index in [2.05, 4.69) is 58.0 Å². The molecule has 0 aliphatic heterocycles. The number of carbonyl (C=O) groups is 1. The van der Waals surface area contributed by atoms with Crippen LogP contribution in [0.4, 0.5) is 11.4 Å². The Hall–Kier alpha value is -3.61. The fraction of sp³-hybridized carbons (Fsp3) is 0.190. The van der Waals surface area contributed by atoms with Gasteiger partial charge in [0.05, 0.1) is 16.6 Å². The lowest BCUT2D eigenvalue weighted by atomic mass is 10.2. The van der Waals surface area contributed by atoms with E-state index in [1.54, 1.807) is 0 Å². The molecule has 4 aromatic rings. The molecule has 4 rings (SSSR count). The van der Waals surface area contributed by atoms with Crippen LogP contribution in [0.1, 0.15) is 13.8 Å². The first-order valence-electron chi connectivity index (χ1n) is 9.29. The second kappa shape index (κ2) is 7.19. The number of hydrogen-bond donors (Lipinski definition) is 3. The highest BCUT2D eigenvalue weighted by Crippen LogP contribution is 2.29. The van der Waals surface area contributed by atoms with Crippen LogP contribution in [0.3, 0.4) is 0 Å². The molecule has 2 aromatic heterocycles. The van der Waals surface area contributed by atoms with Crippen molar-refractivity contribution in [2.24, 2.45) is 0 Å². The van der Waals surface area contributed by atoms with E-state index in [0.717, 1.165) is 40.7 Å². The molecule has 0 radical (unpaired) electrons. The fourth-order valence-electron chi connectivity index (χ4n) is 3.36. The van der Waals surface area contributed by atoms with Gasteiger partial charge < -0.3 is 15.2 Å². The molecular weight excluding hydrogens is 352 g/mol. The SMILES string of the molecule is C=CC(=O)Nc1ccc2[nH]nc(-c3nc4ccc(N(CC)CC)cc4[nH]3)c2c1. The second-order valence-corrected chi connectivity index (χ2v) is 6.49. The highest BCUT2D eigenvalue weighted by molar-refractivity contribution is 6.02. The number of nitrogens with one attached hydrogen (secondary N) is 3. The molecule has 0 spiro atoms. The molecule has 3 N–H and O–H groups in total. The molecule has 0 saturated carbocycles. The number of benzene rings is 2. The summed E-state index contributed by atoms with van der Waals surface area (Å²) in [7, 11) is 0.